The molecule has 0 spiro atoms. The molecule has 2 saturated carbocycles. The number of hydrogen-bond donors (Lipinski definition) is 4. The maximum Gasteiger partial charge on any atom is 0.317 e. The first-order valence-corrected chi connectivity index (χ1v) is 12.2. The van der Waals surface area contributed by atoms with Crippen molar-refractivity contribution in [3.05, 3.63) is 42.2 Å². The smallest absolute Gasteiger partial charge is 0.317 e. The summed E-state index contributed by atoms with van der Waals surface area (Å²) in [6, 6.07) is 3.95. The summed E-state index contributed by atoms with van der Waals surface area (Å²) in [7, 11) is 3.46. The highest BCUT2D eigenvalue weighted by Gasteiger charge is 2.26. The van der Waals surface area contributed by atoms with E-state index < -0.39 is 11.7 Å². The first kappa shape index (κ1) is 23.8. The topological polar surface area (TPSA) is 129 Å². The summed E-state index contributed by atoms with van der Waals surface area (Å²) in [5.41, 5.74) is 1.55. The van der Waals surface area contributed by atoms with Crippen LogP contribution in [0.1, 0.15) is 49.0 Å². The molecule has 0 saturated heterocycles. The number of amides is 3. The van der Waals surface area contributed by atoms with E-state index in [0.717, 1.165) is 50.4 Å². The summed E-state index contributed by atoms with van der Waals surface area (Å²) < 4.78 is 15.5. The van der Waals surface area contributed by atoms with Crippen molar-refractivity contribution in [1.29, 1.82) is 0 Å². The second-order valence-corrected chi connectivity index (χ2v) is 9.59. The Balaban J connectivity index is 1.34. The van der Waals surface area contributed by atoms with Crippen LogP contribution in [0.15, 0.2) is 30.7 Å². The number of carbonyl (C=O) groups excluding carboxylic acids is 2. The number of aromatic nitrogens is 4. The number of pyridine rings is 1. The van der Waals surface area contributed by atoms with Crippen LogP contribution in [0.25, 0.3) is 5.65 Å². The Morgan fingerprint density at radius 3 is 2.39 bits per heavy atom. The monoisotopic (exact) mass is 495 g/mol. The number of urea groups is 1. The fourth-order valence-electron chi connectivity index (χ4n) is 4.31. The highest BCUT2D eigenvalue weighted by molar-refractivity contribution is 6.03. The van der Waals surface area contributed by atoms with Crippen molar-refractivity contribution in [2.75, 3.05) is 30.0 Å². The molecule has 0 unspecified atom stereocenters. The fourth-order valence-corrected chi connectivity index (χ4v) is 4.31. The first-order valence-electron chi connectivity index (χ1n) is 12.2. The highest BCUT2D eigenvalue weighted by Crippen LogP contribution is 2.30. The van der Waals surface area contributed by atoms with Crippen LogP contribution in [-0.2, 0) is 0 Å². The summed E-state index contributed by atoms with van der Waals surface area (Å²) in [4.78, 5) is 34.6. The van der Waals surface area contributed by atoms with E-state index in [1.165, 1.54) is 23.0 Å². The van der Waals surface area contributed by atoms with E-state index in [0.29, 0.717) is 17.5 Å². The van der Waals surface area contributed by atoms with Crippen molar-refractivity contribution in [3.63, 3.8) is 0 Å². The van der Waals surface area contributed by atoms with Gasteiger partial charge in [-0.25, -0.2) is 18.7 Å². The van der Waals surface area contributed by atoms with E-state index in [2.05, 4.69) is 36.3 Å². The molecule has 0 aromatic carbocycles. The summed E-state index contributed by atoms with van der Waals surface area (Å²) in [5, 5.41) is 17.2. The van der Waals surface area contributed by atoms with Crippen LogP contribution < -0.4 is 21.3 Å². The van der Waals surface area contributed by atoms with E-state index in [9.17, 15) is 14.0 Å². The van der Waals surface area contributed by atoms with Gasteiger partial charge in [0.25, 0.3) is 5.91 Å². The number of halogens is 1. The minimum atomic E-state index is -0.622. The molecular weight excluding hydrogens is 465 g/mol. The lowest BCUT2D eigenvalue weighted by molar-refractivity contribution is 0.102. The Bertz CT molecular complexity index is 1270. The molecule has 2 aliphatic rings. The van der Waals surface area contributed by atoms with Gasteiger partial charge in [-0.2, -0.15) is 0 Å². The van der Waals surface area contributed by atoms with Crippen molar-refractivity contribution in [1.82, 2.24) is 29.8 Å². The SMILES string of the molecule is CN(C)C(=O)N[C@H]1CC[C@H](Nc2cc(NC3CC3)c3ncc(C(=O)Nc4ccncc4F)n3n2)CC1. The molecule has 2 fully saturated rings. The third kappa shape index (κ3) is 5.31. The Labute approximate surface area is 207 Å². The number of hydrogen-bond acceptors (Lipinski definition) is 7. The number of rotatable bonds is 7. The molecular formula is C24H30FN9O2. The number of nitrogens with one attached hydrogen (secondary N) is 4. The van der Waals surface area contributed by atoms with Gasteiger partial charge >= 0.3 is 6.03 Å². The highest BCUT2D eigenvalue weighted by atomic mass is 19.1. The average Bonchev–Trinajstić information content (AvgIpc) is 3.57. The minimum absolute atomic E-state index is 0.0358. The molecule has 5 rings (SSSR count). The lowest BCUT2D eigenvalue weighted by Crippen LogP contribution is -2.44. The van der Waals surface area contributed by atoms with Crippen LogP contribution in [0, 0.1) is 5.82 Å². The molecule has 0 atom stereocenters. The standard InChI is InChI=1S/C24H30FN9O2/c1-33(2)24(36)30-16-7-5-15(6-8-16)29-21-11-19(28-14-3-4-14)22-27-13-20(34(22)32-21)23(35)31-18-9-10-26-12-17(18)25/h9-16,28H,3-8H2,1-2H3,(H,29,32)(H,30,36)(H,26,31,35)/t15-,16-. The third-order valence-electron chi connectivity index (χ3n) is 6.47. The zero-order valence-corrected chi connectivity index (χ0v) is 20.3. The number of nitrogens with zero attached hydrogens (tertiary/aromatic N) is 5. The maximum absolute atomic E-state index is 14.0. The van der Waals surface area contributed by atoms with Gasteiger partial charge in [-0.15, -0.1) is 5.10 Å². The van der Waals surface area contributed by atoms with E-state index in [4.69, 9.17) is 0 Å². The van der Waals surface area contributed by atoms with Crippen molar-refractivity contribution in [3.8, 4) is 0 Å². The van der Waals surface area contributed by atoms with Crippen LogP contribution in [0.5, 0.6) is 0 Å². The Morgan fingerprint density at radius 1 is 1.00 bits per heavy atom. The molecule has 11 nitrogen and oxygen atoms in total. The summed E-state index contributed by atoms with van der Waals surface area (Å²) in [5.74, 6) is -0.524. The van der Waals surface area contributed by atoms with E-state index in [1.807, 2.05) is 6.07 Å². The Kier molecular flexibility index (Phi) is 6.57. The largest absolute Gasteiger partial charge is 0.379 e. The average molecular weight is 496 g/mol. The molecule has 3 heterocycles. The maximum atomic E-state index is 14.0. The molecule has 0 aliphatic heterocycles. The molecule has 0 radical (unpaired) electrons. The van der Waals surface area contributed by atoms with Crippen LogP contribution in [-0.4, -0.2) is 68.6 Å². The molecule has 36 heavy (non-hydrogen) atoms. The Morgan fingerprint density at radius 2 is 1.69 bits per heavy atom. The van der Waals surface area contributed by atoms with Crippen LogP contribution in [0.3, 0.4) is 0 Å². The van der Waals surface area contributed by atoms with Crippen molar-refractivity contribution in [2.45, 2.75) is 56.7 Å². The van der Waals surface area contributed by atoms with Gasteiger partial charge in [-0.3, -0.25) is 9.78 Å². The van der Waals surface area contributed by atoms with Crippen molar-refractivity contribution >= 4 is 34.8 Å². The van der Waals surface area contributed by atoms with Gasteiger partial charge in [0.15, 0.2) is 17.2 Å². The zero-order valence-electron chi connectivity index (χ0n) is 20.3. The van der Waals surface area contributed by atoms with Crippen LogP contribution in [0.4, 0.5) is 26.4 Å². The van der Waals surface area contributed by atoms with Crippen molar-refractivity contribution in [2.24, 2.45) is 0 Å². The summed E-state index contributed by atoms with van der Waals surface area (Å²) in [6.07, 6.45) is 9.53. The third-order valence-corrected chi connectivity index (χ3v) is 6.47. The predicted octanol–water partition coefficient (Wildman–Crippen LogP) is 3.08. The summed E-state index contributed by atoms with van der Waals surface area (Å²) >= 11 is 0. The van der Waals surface area contributed by atoms with E-state index >= 15 is 0 Å². The van der Waals surface area contributed by atoms with E-state index in [-0.39, 0.29) is 29.5 Å². The fraction of sp³-hybridized carbons (Fsp3) is 0.458. The molecule has 2 aliphatic carbocycles. The molecule has 12 heteroatoms. The molecule has 4 N–H and O–H groups in total. The van der Waals surface area contributed by atoms with Crippen LogP contribution >= 0.6 is 0 Å². The molecule has 3 aromatic rings. The minimum Gasteiger partial charge on any atom is -0.379 e. The normalized spacial score (nSPS) is 19.5. The lowest BCUT2D eigenvalue weighted by atomic mass is 9.91. The number of imidazole rings is 1. The number of fused-ring (bicyclic) bond motifs is 1. The Hall–Kier alpha value is -3.96. The van der Waals surface area contributed by atoms with Gasteiger partial charge in [0.1, 0.15) is 5.82 Å². The second-order valence-electron chi connectivity index (χ2n) is 9.59. The quantitative estimate of drug-likeness (QED) is 0.396. The number of anilines is 3. The molecule has 3 aromatic heterocycles. The predicted molar refractivity (Wildman–Crippen MR) is 134 cm³/mol. The molecule has 0 bridgehead atoms. The van der Waals surface area contributed by atoms with Gasteiger partial charge in [0.2, 0.25) is 0 Å². The lowest BCUT2D eigenvalue weighted by Gasteiger charge is -2.30. The van der Waals surface area contributed by atoms with E-state index in [1.54, 1.807) is 19.0 Å². The van der Waals surface area contributed by atoms with Crippen molar-refractivity contribution < 1.29 is 14.0 Å². The van der Waals surface area contributed by atoms with Gasteiger partial charge in [0, 0.05) is 44.5 Å². The van der Waals surface area contributed by atoms with Crippen LogP contribution in [0.2, 0.25) is 0 Å². The molecule has 190 valence electrons. The van der Waals surface area contributed by atoms with Gasteiger partial charge in [-0.1, -0.05) is 0 Å². The zero-order chi connectivity index (χ0) is 25.2. The number of carbonyl (C=O) groups is 2. The first-order chi connectivity index (χ1) is 17.4. The van der Waals surface area contributed by atoms with Gasteiger partial charge in [0.05, 0.1) is 23.8 Å². The molecule has 3 amide bonds. The summed E-state index contributed by atoms with van der Waals surface area (Å²) in [6.45, 7) is 0. The van der Waals surface area contributed by atoms with Gasteiger partial charge in [-0.05, 0) is 44.6 Å². The van der Waals surface area contributed by atoms with Gasteiger partial charge < -0.3 is 26.2 Å². The second kappa shape index (κ2) is 9.96.